The fourth-order valence-corrected chi connectivity index (χ4v) is 1.78. The van der Waals surface area contributed by atoms with Gasteiger partial charge in [-0.3, -0.25) is 4.79 Å². The summed E-state index contributed by atoms with van der Waals surface area (Å²) in [4.78, 5) is 11.7. The molecule has 0 aliphatic carbocycles. The van der Waals surface area contributed by atoms with E-state index in [-0.39, 0.29) is 16.6 Å². The molecule has 0 spiro atoms. The molecule has 0 radical (unpaired) electrons. The summed E-state index contributed by atoms with van der Waals surface area (Å²) in [5.41, 5.74) is 0.761. The van der Waals surface area contributed by atoms with Crippen molar-refractivity contribution in [1.29, 1.82) is 0 Å². The van der Waals surface area contributed by atoms with E-state index in [1.54, 1.807) is 13.2 Å². The Morgan fingerprint density at radius 1 is 1.32 bits per heavy atom. The standard InChI is InChI=1S/C14H14ClFN4O2/c1-22-7-6-17-14(21)12-4-5-13(20-19-12)18-9-2-3-11(16)10(15)8-9/h2-5,8H,6-7H2,1H3,(H,17,21)(H,18,20). The molecule has 0 bridgehead atoms. The summed E-state index contributed by atoms with van der Waals surface area (Å²) in [5.74, 6) is -0.418. The SMILES string of the molecule is COCCNC(=O)c1ccc(Nc2ccc(F)c(Cl)c2)nn1. The molecule has 0 aliphatic heterocycles. The number of ether oxygens (including phenoxy) is 1. The van der Waals surface area contributed by atoms with Crippen molar-refractivity contribution in [3.8, 4) is 0 Å². The van der Waals surface area contributed by atoms with E-state index in [4.69, 9.17) is 16.3 Å². The maximum atomic E-state index is 13.1. The van der Waals surface area contributed by atoms with Gasteiger partial charge in [0.15, 0.2) is 11.5 Å². The number of benzene rings is 1. The minimum absolute atomic E-state index is 0.00657. The molecular formula is C14H14ClFN4O2. The Morgan fingerprint density at radius 2 is 2.14 bits per heavy atom. The molecule has 0 fully saturated rings. The zero-order valence-electron chi connectivity index (χ0n) is 11.8. The van der Waals surface area contributed by atoms with Crippen LogP contribution >= 0.6 is 11.6 Å². The normalized spacial score (nSPS) is 10.3. The average Bonchev–Trinajstić information content (AvgIpc) is 2.52. The van der Waals surface area contributed by atoms with Crippen molar-refractivity contribution in [3.05, 3.63) is 46.9 Å². The van der Waals surface area contributed by atoms with Crippen LogP contribution in [0.25, 0.3) is 0 Å². The molecule has 1 aromatic heterocycles. The van der Waals surface area contributed by atoms with Crippen LogP contribution in [0.2, 0.25) is 5.02 Å². The Labute approximate surface area is 131 Å². The van der Waals surface area contributed by atoms with Gasteiger partial charge in [-0.15, -0.1) is 10.2 Å². The number of hydrogen-bond acceptors (Lipinski definition) is 5. The first-order chi connectivity index (χ1) is 10.6. The number of hydrogen-bond donors (Lipinski definition) is 2. The van der Waals surface area contributed by atoms with Crippen LogP contribution in [0.1, 0.15) is 10.5 Å². The van der Waals surface area contributed by atoms with Crippen molar-refractivity contribution in [3.63, 3.8) is 0 Å². The van der Waals surface area contributed by atoms with E-state index in [0.29, 0.717) is 24.7 Å². The van der Waals surface area contributed by atoms with Gasteiger partial charge in [0.05, 0.1) is 11.6 Å². The Morgan fingerprint density at radius 3 is 2.77 bits per heavy atom. The Hall–Kier alpha value is -2.25. The highest BCUT2D eigenvalue weighted by atomic mass is 35.5. The van der Waals surface area contributed by atoms with Crippen LogP contribution < -0.4 is 10.6 Å². The maximum Gasteiger partial charge on any atom is 0.271 e. The van der Waals surface area contributed by atoms with Crippen LogP contribution in [0.3, 0.4) is 0 Å². The van der Waals surface area contributed by atoms with Gasteiger partial charge in [-0.25, -0.2) is 4.39 Å². The molecule has 1 amide bonds. The van der Waals surface area contributed by atoms with E-state index in [1.165, 1.54) is 24.3 Å². The highest BCUT2D eigenvalue weighted by Crippen LogP contribution is 2.21. The molecule has 0 unspecified atom stereocenters. The molecule has 2 aromatic rings. The molecule has 116 valence electrons. The number of methoxy groups -OCH3 is 1. The smallest absolute Gasteiger partial charge is 0.271 e. The summed E-state index contributed by atoms with van der Waals surface area (Å²) in [6.07, 6.45) is 0. The number of nitrogens with zero attached hydrogens (tertiary/aromatic N) is 2. The maximum absolute atomic E-state index is 13.1. The minimum Gasteiger partial charge on any atom is -0.383 e. The zero-order valence-corrected chi connectivity index (χ0v) is 12.5. The highest BCUT2D eigenvalue weighted by molar-refractivity contribution is 6.31. The predicted octanol–water partition coefficient (Wildman–Crippen LogP) is 2.39. The summed E-state index contributed by atoms with van der Waals surface area (Å²) in [7, 11) is 1.55. The first-order valence-electron chi connectivity index (χ1n) is 6.43. The van der Waals surface area contributed by atoms with Gasteiger partial charge in [-0.1, -0.05) is 11.6 Å². The Balaban J connectivity index is 1.99. The number of amides is 1. The number of aromatic nitrogens is 2. The lowest BCUT2D eigenvalue weighted by Gasteiger charge is -2.07. The van der Waals surface area contributed by atoms with Gasteiger partial charge < -0.3 is 15.4 Å². The summed E-state index contributed by atoms with van der Waals surface area (Å²) < 4.78 is 17.9. The predicted molar refractivity (Wildman–Crippen MR) is 80.9 cm³/mol. The molecule has 0 aliphatic rings. The van der Waals surface area contributed by atoms with Crippen LogP contribution in [0, 0.1) is 5.82 Å². The first kappa shape index (κ1) is 16.1. The second-order valence-corrected chi connectivity index (χ2v) is 4.71. The molecule has 0 saturated carbocycles. The van der Waals surface area contributed by atoms with E-state index in [2.05, 4.69) is 20.8 Å². The summed E-state index contributed by atoms with van der Waals surface area (Å²) in [6.45, 7) is 0.815. The second-order valence-electron chi connectivity index (χ2n) is 4.31. The topological polar surface area (TPSA) is 76.1 Å². The number of anilines is 2. The highest BCUT2D eigenvalue weighted by Gasteiger charge is 2.08. The number of carbonyl (C=O) groups is 1. The summed E-state index contributed by atoms with van der Waals surface area (Å²) in [6, 6.07) is 7.33. The second kappa shape index (κ2) is 7.67. The van der Waals surface area contributed by atoms with Gasteiger partial charge in [0, 0.05) is 19.3 Å². The number of carbonyl (C=O) groups excluding carboxylic acids is 1. The van der Waals surface area contributed by atoms with E-state index in [0.717, 1.165) is 0 Å². The minimum atomic E-state index is -0.499. The van der Waals surface area contributed by atoms with Crippen molar-refractivity contribution in [2.45, 2.75) is 0 Å². The number of nitrogens with one attached hydrogen (secondary N) is 2. The van der Waals surface area contributed by atoms with Crippen molar-refractivity contribution in [2.75, 3.05) is 25.6 Å². The van der Waals surface area contributed by atoms with Crippen LogP contribution in [0.5, 0.6) is 0 Å². The summed E-state index contributed by atoms with van der Waals surface area (Å²) >= 11 is 5.69. The molecule has 0 saturated heterocycles. The molecule has 2 rings (SSSR count). The van der Waals surface area contributed by atoms with Crippen molar-refractivity contribution >= 4 is 29.0 Å². The molecule has 2 N–H and O–H groups in total. The molecule has 22 heavy (non-hydrogen) atoms. The molecule has 1 aromatic carbocycles. The summed E-state index contributed by atoms with van der Waals surface area (Å²) in [5, 5.41) is 13.3. The van der Waals surface area contributed by atoms with Crippen molar-refractivity contribution in [2.24, 2.45) is 0 Å². The van der Waals surface area contributed by atoms with Crippen molar-refractivity contribution in [1.82, 2.24) is 15.5 Å². The van der Waals surface area contributed by atoms with Gasteiger partial charge in [-0.2, -0.15) is 0 Å². The lowest BCUT2D eigenvalue weighted by atomic mass is 10.3. The Kier molecular flexibility index (Phi) is 5.62. The molecule has 6 nitrogen and oxygen atoms in total. The van der Waals surface area contributed by atoms with Gasteiger partial charge in [0.1, 0.15) is 5.82 Å². The fourth-order valence-electron chi connectivity index (χ4n) is 1.60. The lowest BCUT2D eigenvalue weighted by Crippen LogP contribution is -2.27. The van der Waals surface area contributed by atoms with Crippen molar-refractivity contribution < 1.29 is 13.9 Å². The average molecular weight is 325 g/mol. The van der Waals surface area contributed by atoms with Crippen LogP contribution in [-0.2, 0) is 4.74 Å². The van der Waals surface area contributed by atoms with E-state index in [9.17, 15) is 9.18 Å². The third-order valence-electron chi connectivity index (χ3n) is 2.68. The molecular weight excluding hydrogens is 311 g/mol. The fraction of sp³-hybridized carbons (Fsp3) is 0.214. The van der Waals surface area contributed by atoms with Crippen LogP contribution in [0.4, 0.5) is 15.9 Å². The lowest BCUT2D eigenvalue weighted by molar-refractivity contribution is 0.0931. The largest absolute Gasteiger partial charge is 0.383 e. The number of rotatable bonds is 6. The third kappa shape index (κ3) is 4.37. The molecule has 8 heteroatoms. The Bertz CT molecular complexity index is 652. The monoisotopic (exact) mass is 324 g/mol. The van der Waals surface area contributed by atoms with Crippen LogP contribution in [0.15, 0.2) is 30.3 Å². The van der Waals surface area contributed by atoms with Gasteiger partial charge >= 0.3 is 0 Å². The molecule has 0 atom stereocenters. The molecule has 1 heterocycles. The van der Waals surface area contributed by atoms with E-state index in [1.807, 2.05) is 0 Å². The quantitative estimate of drug-likeness (QED) is 0.798. The first-order valence-corrected chi connectivity index (χ1v) is 6.81. The third-order valence-corrected chi connectivity index (χ3v) is 2.97. The van der Waals surface area contributed by atoms with E-state index < -0.39 is 5.82 Å². The van der Waals surface area contributed by atoms with Gasteiger partial charge in [-0.05, 0) is 30.3 Å². The van der Waals surface area contributed by atoms with E-state index >= 15 is 0 Å². The van der Waals surface area contributed by atoms with Gasteiger partial charge in [0.2, 0.25) is 0 Å². The van der Waals surface area contributed by atoms with Gasteiger partial charge in [0.25, 0.3) is 5.91 Å². The van der Waals surface area contributed by atoms with Crippen LogP contribution in [-0.4, -0.2) is 36.4 Å². The zero-order chi connectivity index (χ0) is 15.9. The number of halogens is 2.